The third kappa shape index (κ3) is 5.02. The zero-order valence-corrected chi connectivity index (χ0v) is 12.8. The highest BCUT2D eigenvalue weighted by atomic mass is 16.5. The van der Waals surface area contributed by atoms with Crippen molar-refractivity contribution in [3.8, 4) is 0 Å². The molecule has 0 saturated carbocycles. The Morgan fingerprint density at radius 2 is 1.80 bits per heavy atom. The van der Waals surface area contributed by atoms with Gasteiger partial charge in [0.1, 0.15) is 0 Å². The highest BCUT2D eigenvalue weighted by molar-refractivity contribution is 5.55. The Morgan fingerprint density at radius 1 is 1.15 bits per heavy atom. The molecule has 1 aromatic rings. The maximum absolute atomic E-state index is 5.69. The summed E-state index contributed by atoms with van der Waals surface area (Å²) < 4.78 is 11.1. The Morgan fingerprint density at radius 3 is 2.40 bits per heavy atom. The van der Waals surface area contributed by atoms with Gasteiger partial charge in [0.05, 0.1) is 25.4 Å². The van der Waals surface area contributed by atoms with Crippen molar-refractivity contribution in [2.45, 2.75) is 26.4 Å². The van der Waals surface area contributed by atoms with Crippen LogP contribution in [0, 0.1) is 0 Å². The normalized spacial score (nSPS) is 16.2. The lowest BCUT2D eigenvalue weighted by Gasteiger charge is -2.29. The van der Waals surface area contributed by atoms with Crippen molar-refractivity contribution in [1.29, 1.82) is 0 Å². The summed E-state index contributed by atoms with van der Waals surface area (Å²) in [6.45, 7) is 11.4. The standard InChI is InChI=1S/C16H26N2O2/c1-16(2,3)20-11-8-17-14-4-6-15(7-5-14)18-9-12-19-13-10-18/h4-7,17H,8-13H2,1-3H3. The van der Waals surface area contributed by atoms with Crippen LogP contribution in [-0.2, 0) is 9.47 Å². The van der Waals surface area contributed by atoms with Gasteiger partial charge in [-0.15, -0.1) is 0 Å². The van der Waals surface area contributed by atoms with Gasteiger partial charge in [-0.25, -0.2) is 0 Å². The van der Waals surface area contributed by atoms with E-state index in [1.165, 1.54) is 5.69 Å². The molecule has 0 spiro atoms. The summed E-state index contributed by atoms with van der Waals surface area (Å²) >= 11 is 0. The van der Waals surface area contributed by atoms with E-state index in [1.807, 2.05) is 0 Å². The minimum Gasteiger partial charge on any atom is -0.383 e. The van der Waals surface area contributed by atoms with Crippen LogP contribution in [0.4, 0.5) is 11.4 Å². The molecule has 2 rings (SSSR count). The van der Waals surface area contributed by atoms with Gasteiger partial charge in [0, 0.05) is 31.0 Å². The molecule has 0 amide bonds. The van der Waals surface area contributed by atoms with Crippen LogP contribution >= 0.6 is 0 Å². The molecule has 1 aromatic carbocycles. The van der Waals surface area contributed by atoms with Crippen molar-refractivity contribution in [3.05, 3.63) is 24.3 Å². The van der Waals surface area contributed by atoms with Gasteiger partial charge in [-0.05, 0) is 45.0 Å². The smallest absolute Gasteiger partial charge is 0.0646 e. The molecule has 1 N–H and O–H groups in total. The number of hydrogen-bond donors (Lipinski definition) is 1. The van der Waals surface area contributed by atoms with E-state index < -0.39 is 0 Å². The lowest BCUT2D eigenvalue weighted by molar-refractivity contribution is 0.00333. The van der Waals surface area contributed by atoms with Crippen molar-refractivity contribution >= 4 is 11.4 Å². The molecule has 0 aromatic heterocycles. The van der Waals surface area contributed by atoms with Crippen molar-refractivity contribution in [3.63, 3.8) is 0 Å². The zero-order chi connectivity index (χ0) is 14.4. The van der Waals surface area contributed by atoms with Gasteiger partial charge in [-0.3, -0.25) is 0 Å². The fourth-order valence-corrected chi connectivity index (χ4v) is 2.16. The van der Waals surface area contributed by atoms with Crippen molar-refractivity contribution in [1.82, 2.24) is 0 Å². The predicted octanol–water partition coefficient (Wildman–Crippen LogP) is 2.75. The van der Waals surface area contributed by atoms with Crippen LogP contribution in [0.1, 0.15) is 20.8 Å². The van der Waals surface area contributed by atoms with Crippen LogP contribution < -0.4 is 10.2 Å². The first-order valence-corrected chi connectivity index (χ1v) is 7.35. The average Bonchev–Trinajstić information content (AvgIpc) is 2.44. The van der Waals surface area contributed by atoms with E-state index in [4.69, 9.17) is 9.47 Å². The Balaban J connectivity index is 1.76. The van der Waals surface area contributed by atoms with E-state index >= 15 is 0 Å². The minimum atomic E-state index is -0.0676. The summed E-state index contributed by atoms with van der Waals surface area (Å²) in [5.74, 6) is 0. The highest BCUT2D eigenvalue weighted by Gasteiger charge is 2.11. The van der Waals surface area contributed by atoms with Crippen LogP contribution in [0.25, 0.3) is 0 Å². The Kier molecular flexibility index (Phi) is 5.26. The van der Waals surface area contributed by atoms with Crippen molar-refractivity contribution in [2.75, 3.05) is 49.7 Å². The summed E-state index contributed by atoms with van der Waals surface area (Å²) in [7, 11) is 0. The summed E-state index contributed by atoms with van der Waals surface area (Å²) in [6, 6.07) is 8.58. The number of hydrogen-bond acceptors (Lipinski definition) is 4. The molecule has 0 bridgehead atoms. The molecule has 0 atom stereocenters. The topological polar surface area (TPSA) is 33.7 Å². The predicted molar refractivity (Wildman–Crippen MR) is 83.7 cm³/mol. The van der Waals surface area contributed by atoms with Gasteiger partial charge in [-0.1, -0.05) is 0 Å². The molecule has 0 radical (unpaired) electrons. The minimum absolute atomic E-state index is 0.0676. The molecule has 1 aliphatic heterocycles. The molecule has 4 heteroatoms. The summed E-state index contributed by atoms with van der Waals surface area (Å²) in [5.41, 5.74) is 2.34. The Bertz CT molecular complexity index is 392. The van der Waals surface area contributed by atoms with E-state index in [2.05, 4.69) is 55.3 Å². The maximum atomic E-state index is 5.69. The number of rotatable bonds is 5. The Labute approximate surface area is 122 Å². The van der Waals surface area contributed by atoms with E-state index in [0.717, 1.165) is 38.5 Å². The summed E-state index contributed by atoms with van der Waals surface area (Å²) in [6.07, 6.45) is 0. The van der Waals surface area contributed by atoms with Crippen molar-refractivity contribution in [2.24, 2.45) is 0 Å². The molecule has 1 aliphatic rings. The van der Waals surface area contributed by atoms with Gasteiger partial charge in [0.25, 0.3) is 0 Å². The quantitative estimate of drug-likeness (QED) is 0.840. The third-order valence-corrected chi connectivity index (χ3v) is 3.21. The molecule has 1 heterocycles. The van der Waals surface area contributed by atoms with Crippen molar-refractivity contribution < 1.29 is 9.47 Å². The average molecular weight is 278 g/mol. The number of nitrogens with zero attached hydrogens (tertiary/aromatic N) is 1. The first-order valence-electron chi connectivity index (χ1n) is 7.35. The number of anilines is 2. The van der Waals surface area contributed by atoms with Gasteiger partial charge in [0.15, 0.2) is 0 Å². The third-order valence-electron chi connectivity index (χ3n) is 3.21. The molecular weight excluding hydrogens is 252 g/mol. The SMILES string of the molecule is CC(C)(C)OCCNc1ccc(N2CCOCC2)cc1. The molecule has 1 saturated heterocycles. The molecule has 0 unspecified atom stereocenters. The molecule has 4 nitrogen and oxygen atoms in total. The highest BCUT2D eigenvalue weighted by Crippen LogP contribution is 2.18. The fourth-order valence-electron chi connectivity index (χ4n) is 2.16. The second-order valence-corrected chi connectivity index (χ2v) is 6.03. The van der Waals surface area contributed by atoms with Crippen LogP contribution in [0.5, 0.6) is 0 Å². The van der Waals surface area contributed by atoms with E-state index in [-0.39, 0.29) is 5.60 Å². The van der Waals surface area contributed by atoms with Crippen LogP contribution in [-0.4, -0.2) is 45.1 Å². The number of benzene rings is 1. The van der Waals surface area contributed by atoms with Gasteiger partial charge in [0.2, 0.25) is 0 Å². The van der Waals surface area contributed by atoms with E-state index in [1.54, 1.807) is 0 Å². The molecule has 20 heavy (non-hydrogen) atoms. The van der Waals surface area contributed by atoms with Crippen LogP contribution in [0.2, 0.25) is 0 Å². The molecule has 1 fully saturated rings. The van der Waals surface area contributed by atoms with Crippen LogP contribution in [0.3, 0.4) is 0 Å². The monoisotopic (exact) mass is 278 g/mol. The van der Waals surface area contributed by atoms with E-state index in [0.29, 0.717) is 6.61 Å². The second kappa shape index (κ2) is 6.95. The lowest BCUT2D eigenvalue weighted by Crippen LogP contribution is -2.36. The van der Waals surface area contributed by atoms with E-state index in [9.17, 15) is 0 Å². The Hall–Kier alpha value is -1.26. The van der Waals surface area contributed by atoms with Crippen LogP contribution in [0.15, 0.2) is 24.3 Å². The van der Waals surface area contributed by atoms with Gasteiger partial charge in [-0.2, -0.15) is 0 Å². The summed E-state index contributed by atoms with van der Waals surface area (Å²) in [4.78, 5) is 2.36. The van der Waals surface area contributed by atoms with Gasteiger partial charge < -0.3 is 19.7 Å². The maximum Gasteiger partial charge on any atom is 0.0646 e. The summed E-state index contributed by atoms with van der Waals surface area (Å²) in [5, 5.41) is 3.38. The fraction of sp³-hybridized carbons (Fsp3) is 0.625. The molecule has 0 aliphatic carbocycles. The van der Waals surface area contributed by atoms with Gasteiger partial charge >= 0.3 is 0 Å². The molecular formula is C16H26N2O2. The molecule has 112 valence electrons. The lowest BCUT2D eigenvalue weighted by atomic mass is 10.2. The number of ether oxygens (including phenoxy) is 2. The second-order valence-electron chi connectivity index (χ2n) is 6.03. The number of morpholine rings is 1. The first-order chi connectivity index (χ1) is 9.54. The zero-order valence-electron chi connectivity index (χ0n) is 12.8. The number of nitrogens with one attached hydrogen (secondary N) is 1. The first kappa shape index (κ1) is 15.1. The largest absolute Gasteiger partial charge is 0.383 e.